The summed E-state index contributed by atoms with van der Waals surface area (Å²) >= 11 is 0. The maximum absolute atomic E-state index is 9.34. The molecular weight excluding hydrogens is 254 g/mol. The van der Waals surface area contributed by atoms with Gasteiger partial charge < -0.3 is 20.5 Å². The Morgan fingerprint density at radius 3 is 2.95 bits per heavy atom. The van der Waals surface area contributed by atoms with Gasteiger partial charge in [-0.2, -0.15) is 5.26 Å². The number of nitriles is 1. The predicted octanol–water partition coefficient (Wildman–Crippen LogP) is 2.38. The lowest BCUT2D eigenvalue weighted by Crippen LogP contribution is -2.44. The Hall–Kier alpha value is -2.61. The largest absolute Gasteiger partial charge is 0.457 e. The number of anilines is 1. The first-order valence-electron chi connectivity index (χ1n) is 6.45. The summed E-state index contributed by atoms with van der Waals surface area (Å²) in [6.45, 7) is 3.86. The summed E-state index contributed by atoms with van der Waals surface area (Å²) in [7, 11) is 0. The van der Waals surface area contributed by atoms with Gasteiger partial charge in [0, 0.05) is 6.08 Å². The maximum atomic E-state index is 9.34. The van der Waals surface area contributed by atoms with E-state index in [4.69, 9.17) is 15.2 Å². The first-order chi connectivity index (χ1) is 9.58. The number of allylic oxidation sites excluding steroid dienone is 1. The van der Waals surface area contributed by atoms with Gasteiger partial charge in [0.1, 0.15) is 17.6 Å². The number of nitrogens with zero attached hydrogens (tertiary/aromatic N) is 1. The fraction of sp³-hybridized carbons (Fsp3) is 0.267. The first-order valence-corrected chi connectivity index (χ1v) is 6.45. The predicted molar refractivity (Wildman–Crippen MR) is 74.5 cm³/mol. The molecule has 2 aliphatic rings. The van der Waals surface area contributed by atoms with Crippen LogP contribution >= 0.6 is 0 Å². The van der Waals surface area contributed by atoms with E-state index in [0.29, 0.717) is 11.5 Å². The molecule has 2 heterocycles. The van der Waals surface area contributed by atoms with Crippen molar-refractivity contribution in [3.63, 3.8) is 0 Å². The number of ether oxygens (including phenoxy) is 2. The molecule has 102 valence electrons. The third-order valence-corrected chi connectivity index (χ3v) is 3.45. The second-order valence-corrected chi connectivity index (χ2v) is 4.85. The summed E-state index contributed by atoms with van der Waals surface area (Å²) in [4.78, 5) is 0. The Balaban J connectivity index is 2.08. The molecule has 0 radical (unpaired) electrons. The molecule has 0 aliphatic carbocycles. The molecule has 3 rings (SSSR count). The minimum absolute atomic E-state index is 0.0727. The number of hydrogen-bond acceptors (Lipinski definition) is 5. The van der Waals surface area contributed by atoms with E-state index in [0.717, 1.165) is 12.1 Å². The van der Waals surface area contributed by atoms with Gasteiger partial charge in [-0.1, -0.05) is 13.0 Å². The Labute approximate surface area is 117 Å². The smallest absolute Gasteiger partial charge is 0.245 e. The normalized spacial score (nSPS) is 23.4. The third kappa shape index (κ3) is 1.69. The van der Waals surface area contributed by atoms with Crippen molar-refractivity contribution in [3.05, 3.63) is 47.1 Å². The standard InChI is InChI=1S/C15H15N3O2/c1-3-10-4-5-13-12(6-10)18-15(20-13)7-9(2)19-14(17)11(15)8-16/h4-7,18H,3,17H2,1-2H3/t15-/m0/s1. The highest BCUT2D eigenvalue weighted by Gasteiger charge is 2.45. The molecule has 1 atom stereocenters. The summed E-state index contributed by atoms with van der Waals surface area (Å²) in [6.07, 6.45) is 2.66. The number of nitrogens with two attached hydrogens (primary N) is 1. The van der Waals surface area contributed by atoms with Gasteiger partial charge in [-0.3, -0.25) is 0 Å². The Morgan fingerprint density at radius 1 is 1.45 bits per heavy atom. The number of benzene rings is 1. The van der Waals surface area contributed by atoms with Gasteiger partial charge in [0.15, 0.2) is 5.57 Å². The van der Waals surface area contributed by atoms with Gasteiger partial charge in [-0.15, -0.1) is 0 Å². The maximum Gasteiger partial charge on any atom is 0.245 e. The molecule has 1 aromatic carbocycles. The lowest BCUT2D eigenvalue weighted by molar-refractivity contribution is 0.175. The van der Waals surface area contributed by atoms with E-state index in [1.807, 2.05) is 18.2 Å². The molecule has 0 unspecified atom stereocenters. The van der Waals surface area contributed by atoms with Crippen LogP contribution in [-0.2, 0) is 11.2 Å². The number of aryl methyl sites for hydroxylation is 1. The van der Waals surface area contributed by atoms with Crippen molar-refractivity contribution in [2.45, 2.75) is 26.0 Å². The second kappa shape index (κ2) is 4.20. The second-order valence-electron chi connectivity index (χ2n) is 4.85. The Kier molecular flexibility index (Phi) is 2.61. The van der Waals surface area contributed by atoms with Gasteiger partial charge in [0.2, 0.25) is 11.6 Å². The third-order valence-electron chi connectivity index (χ3n) is 3.45. The molecule has 5 nitrogen and oxygen atoms in total. The molecule has 20 heavy (non-hydrogen) atoms. The molecule has 0 saturated carbocycles. The monoisotopic (exact) mass is 269 g/mol. The lowest BCUT2D eigenvalue weighted by Gasteiger charge is -2.30. The van der Waals surface area contributed by atoms with Crippen LogP contribution < -0.4 is 15.8 Å². The van der Waals surface area contributed by atoms with Crippen LogP contribution in [0.1, 0.15) is 19.4 Å². The minimum atomic E-state index is -1.06. The SMILES string of the molecule is CCc1ccc2c(c1)N[C@@]1(C=C(C)OC(N)=C1C#N)O2. The van der Waals surface area contributed by atoms with Crippen molar-refractivity contribution in [3.8, 4) is 11.8 Å². The lowest BCUT2D eigenvalue weighted by atomic mass is 10.0. The number of hydrogen-bond donors (Lipinski definition) is 2. The van der Waals surface area contributed by atoms with Crippen molar-refractivity contribution in [1.82, 2.24) is 0 Å². The molecule has 0 saturated heterocycles. The number of rotatable bonds is 1. The van der Waals surface area contributed by atoms with Crippen LogP contribution in [-0.4, -0.2) is 5.72 Å². The van der Waals surface area contributed by atoms with Crippen LogP contribution in [0.4, 0.5) is 5.69 Å². The highest BCUT2D eigenvalue weighted by molar-refractivity contribution is 5.68. The van der Waals surface area contributed by atoms with E-state index in [-0.39, 0.29) is 11.5 Å². The molecule has 2 aliphatic heterocycles. The van der Waals surface area contributed by atoms with Crippen molar-refractivity contribution < 1.29 is 9.47 Å². The Morgan fingerprint density at radius 2 is 2.25 bits per heavy atom. The van der Waals surface area contributed by atoms with Gasteiger partial charge in [-0.05, 0) is 31.0 Å². The molecule has 0 amide bonds. The zero-order valence-corrected chi connectivity index (χ0v) is 11.4. The summed E-state index contributed by atoms with van der Waals surface area (Å²) in [5.74, 6) is 1.37. The van der Waals surface area contributed by atoms with Crippen molar-refractivity contribution in [2.24, 2.45) is 5.73 Å². The van der Waals surface area contributed by atoms with E-state index in [2.05, 4.69) is 18.3 Å². The van der Waals surface area contributed by atoms with Crippen molar-refractivity contribution in [1.29, 1.82) is 5.26 Å². The van der Waals surface area contributed by atoms with Crippen LogP contribution in [0.15, 0.2) is 41.5 Å². The van der Waals surface area contributed by atoms with Crippen LogP contribution in [0.25, 0.3) is 0 Å². The van der Waals surface area contributed by atoms with Crippen LogP contribution in [0, 0.1) is 11.3 Å². The summed E-state index contributed by atoms with van der Waals surface area (Å²) in [5, 5.41) is 12.6. The molecule has 0 fully saturated rings. The van der Waals surface area contributed by atoms with Crippen LogP contribution in [0.3, 0.4) is 0 Å². The van der Waals surface area contributed by atoms with E-state index < -0.39 is 5.72 Å². The average molecular weight is 269 g/mol. The molecule has 5 heteroatoms. The average Bonchev–Trinajstić information content (AvgIpc) is 2.74. The Bertz CT molecular complexity index is 685. The fourth-order valence-electron chi connectivity index (χ4n) is 2.50. The minimum Gasteiger partial charge on any atom is -0.457 e. The van der Waals surface area contributed by atoms with Gasteiger partial charge in [0.05, 0.1) is 5.69 Å². The molecule has 0 bridgehead atoms. The van der Waals surface area contributed by atoms with Crippen molar-refractivity contribution in [2.75, 3.05) is 5.32 Å². The zero-order chi connectivity index (χ0) is 14.3. The highest BCUT2D eigenvalue weighted by Crippen LogP contribution is 2.43. The summed E-state index contributed by atoms with van der Waals surface area (Å²) < 4.78 is 11.2. The van der Waals surface area contributed by atoms with Gasteiger partial charge >= 0.3 is 0 Å². The zero-order valence-electron chi connectivity index (χ0n) is 11.4. The number of nitrogens with one attached hydrogen (secondary N) is 1. The number of fused-ring (bicyclic) bond motifs is 1. The van der Waals surface area contributed by atoms with E-state index in [1.54, 1.807) is 13.0 Å². The van der Waals surface area contributed by atoms with Crippen LogP contribution in [0.2, 0.25) is 0 Å². The first kappa shape index (κ1) is 12.4. The van der Waals surface area contributed by atoms with Crippen LogP contribution in [0.5, 0.6) is 5.75 Å². The fourth-order valence-corrected chi connectivity index (χ4v) is 2.50. The van der Waals surface area contributed by atoms with Crippen molar-refractivity contribution >= 4 is 5.69 Å². The molecular formula is C15H15N3O2. The van der Waals surface area contributed by atoms with Gasteiger partial charge in [0.25, 0.3) is 0 Å². The van der Waals surface area contributed by atoms with Gasteiger partial charge in [-0.25, -0.2) is 0 Å². The van der Waals surface area contributed by atoms with E-state index >= 15 is 0 Å². The van der Waals surface area contributed by atoms with E-state index in [1.165, 1.54) is 5.56 Å². The molecule has 1 aromatic rings. The quantitative estimate of drug-likeness (QED) is 0.818. The summed E-state index contributed by atoms with van der Waals surface area (Å²) in [5.41, 5.74) is 7.03. The molecule has 1 spiro atoms. The molecule has 0 aromatic heterocycles. The molecule has 3 N–H and O–H groups in total. The van der Waals surface area contributed by atoms with E-state index in [9.17, 15) is 5.26 Å². The topological polar surface area (TPSA) is 80.3 Å². The summed E-state index contributed by atoms with van der Waals surface area (Å²) in [6, 6.07) is 8.00. The highest BCUT2D eigenvalue weighted by atomic mass is 16.5.